The standard InChI is InChI=1S/C17H16O8/c18-14-8-10(2-4-12(14)16(20)21)24-6-1-7-25-11-3-5-13(17(22)23)15(19)9-11/h2-5,8-9,18-19H,1,6-7H2,(H,20,21)(H,22,23). The van der Waals surface area contributed by atoms with Crippen molar-refractivity contribution >= 4 is 11.9 Å². The molecule has 0 aliphatic carbocycles. The summed E-state index contributed by atoms with van der Waals surface area (Å²) >= 11 is 0. The Morgan fingerprint density at radius 2 is 1.16 bits per heavy atom. The van der Waals surface area contributed by atoms with Crippen molar-refractivity contribution in [1.82, 2.24) is 0 Å². The largest absolute Gasteiger partial charge is 0.507 e. The third kappa shape index (κ3) is 4.77. The zero-order valence-electron chi connectivity index (χ0n) is 13.0. The molecule has 4 N–H and O–H groups in total. The zero-order chi connectivity index (χ0) is 18.4. The third-order valence-electron chi connectivity index (χ3n) is 3.23. The Balaban J connectivity index is 1.78. The van der Waals surface area contributed by atoms with E-state index in [1.165, 1.54) is 36.4 Å². The Kier molecular flexibility index (Phi) is 5.67. The summed E-state index contributed by atoms with van der Waals surface area (Å²) in [6.45, 7) is 0.510. The SMILES string of the molecule is O=C(O)c1ccc(OCCCOc2ccc(C(=O)O)c(O)c2)cc1O. The first kappa shape index (κ1) is 17.9. The van der Waals surface area contributed by atoms with Gasteiger partial charge in [-0.25, -0.2) is 9.59 Å². The first-order chi connectivity index (χ1) is 11.9. The van der Waals surface area contributed by atoms with Gasteiger partial charge in [-0.3, -0.25) is 0 Å². The minimum absolute atomic E-state index is 0.208. The number of hydrogen-bond donors (Lipinski definition) is 4. The van der Waals surface area contributed by atoms with Crippen molar-refractivity contribution in [3.8, 4) is 23.0 Å². The molecule has 0 spiro atoms. The normalized spacial score (nSPS) is 10.2. The molecule has 0 saturated heterocycles. The lowest BCUT2D eigenvalue weighted by Gasteiger charge is -2.09. The van der Waals surface area contributed by atoms with E-state index in [9.17, 15) is 19.8 Å². The molecule has 0 saturated carbocycles. The Morgan fingerprint density at radius 1 is 0.760 bits per heavy atom. The highest BCUT2D eigenvalue weighted by Crippen LogP contribution is 2.25. The molecule has 0 amide bonds. The second kappa shape index (κ2) is 7.91. The van der Waals surface area contributed by atoms with Crippen molar-refractivity contribution in [2.45, 2.75) is 6.42 Å². The maximum absolute atomic E-state index is 10.8. The number of aromatic hydroxyl groups is 2. The molecule has 25 heavy (non-hydrogen) atoms. The van der Waals surface area contributed by atoms with Gasteiger partial charge in [-0.1, -0.05) is 0 Å². The molecule has 0 unspecified atom stereocenters. The Labute approximate surface area is 142 Å². The average molecular weight is 348 g/mol. The van der Waals surface area contributed by atoms with Crippen molar-refractivity contribution in [2.75, 3.05) is 13.2 Å². The molecule has 2 aromatic carbocycles. The van der Waals surface area contributed by atoms with Crippen LogP contribution in [-0.2, 0) is 0 Å². The second-order valence-corrected chi connectivity index (χ2v) is 5.02. The van der Waals surface area contributed by atoms with E-state index in [2.05, 4.69) is 0 Å². The molecule has 0 bridgehead atoms. The van der Waals surface area contributed by atoms with Gasteiger partial charge in [0.2, 0.25) is 0 Å². The highest BCUT2D eigenvalue weighted by Gasteiger charge is 2.11. The summed E-state index contributed by atoms with van der Waals surface area (Å²) in [5.41, 5.74) is -0.416. The van der Waals surface area contributed by atoms with Gasteiger partial charge in [-0.15, -0.1) is 0 Å². The molecule has 0 aliphatic heterocycles. The van der Waals surface area contributed by atoms with Gasteiger partial charge in [-0.2, -0.15) is 0 Å². The lowest BCUT2D eigenvalue weighted by atomic mass is 10.2. The minimum Gasteiger partial charge on any atom is -0.507 e. The summed E-state index contributed by atoms with van der Waals surface area (Å²) in [5.74, 6) is -2.56. The van der Waals surface area contributed by atoms with Crippen molar-refractivity contribution < 1.29 is 39.5 Å². The molecular weight excluding hydrogens is 332 g/mol. The van der Waals surface area contributed by atoms with Gasteiger partial charge in [0.25, 0.3) is 0 Å². The van der Waals surface area contributed by atoms with Gasteiger partial charge < -0.3 is 29.9 Å². The number of carboxylic acids is 2. The van der Waals surface area contributed by atoms with Crippen LogP contribution in [0.25, 0.3) is 0 Å². The molecule has 8 nitrogen and oxygen atoms in total. The van der Waals surface area contributed by atoms with E-state index in [0.717, 1.165) is 0 Å². The summed E-state index contributed by atoms with van der Waals surface area (Å²) in [7, 11) is 0. The number of aromatic carboxylic acids is 2. The molecule has 2 rings (SSSR count). The van der Waals surface area contributed by atoms with Gasteiger partial charge in [-0.05, 0) is 24.3 Å². The molecule has 0 aromatic heterocycles. The molecule has 0 heterocycles. The number of rotatable bonds is 8. The fraction of sp³-hybridized carbons (Fsp3) is 0.176. The first-order valence-electron chi connectivity index (χ1n) is 7.26. The number of carboxylic acid groups (broad SMARTS) is 2. The Bertz CT molecular complexity index is 719. The van der Waals surface area contributed by atoms with Crippen LogP contribution in [-0.4, -0.2) is 45.6 Å². The van der Waals surface area contributed by atoms with E-state index in [4.69, 9.17) is 19.7 Å². The summed E-state index contributed by atoms with van der Waals surface area (Å²) in [6.07, 6.45) is 0.475. The van der Waals surface area contributed by atoms with Gasteiger partial charge in [0.15, 0.2) is 0 Å². The van der Waals surface area contributed by atoms with Gasteiger partial charge >= 0.3 is 11.9 Å². The van der Waals surface area contributed by atoms with Gasteiger partial charge in [0.1, 0.15) is 34.1 Å². The highest BCUT2D eigenvalue weighted by molar-refractivity contribution is 5.91. The lowest BCUT2D eigenvalue weighted by Crippen LogP contribution is -2.06. The van der Waals surface area contributed by atoms with E-state index in [1.807, 2.05) is 0 Å². The lowest BCUT2D eigenvalue weighted by molar-refractivity contribution is 0.0682. The molecule has 2 aromatic rings. The van der Waals surface area contributed by atoms with E-state index in [-0.39, 0.29) is 35.8 Å². The first-order valence-corrected chi connectivity index (χ1v) is 7.26. The summed E-state index contributed by atoms with van der Waals surface area (Å²) in [4.78, 5) is 21.6. The molecule has 8 heteroatoms. The van der Waals surface area contributed by atoms with Crippen molar-refractivity contribution in [3.05, 3.63) is 47.5 Å². The number of benzene rings is 2. The predicted octanol–water partition coefficient (Wildman–Crippen LogP) is 2.34. The number of carbonyl (C=O) groups is 2. The average Bonchev–Trinajstić information content (AvgIpc) is 2.54. The van der Waals surface area contributed by atoms with Crippen LogP contribution in [0, 0.1) is 0 Å². The maximum atomic E-state index is 10.8. The molecule has 0 fully saturated rings. The van der Waals surface area contributed by atoms with E-state index < -0.39 is 11.9 Å². The molecule has 0 radical (unpaired) electrons. The fourth-order valence-corrected chi connectivity index (χ4v) is 2.00. The summed E-state index contributed by atoms with van der Waals surface area (Å²) in [5, 5.41) is 36.7. The van der Waals surface area contributed by atoms with Crippen molar-refractivity contribution in [2.24, 2.45) is 0 Å². The van der Waals surface area contributed by atoms with Crippen LogP contribution in [0.15, 0.2) is 36.4 Å². The van der Waals surface area contributed by atoms with Crippen LogP contribution in [0.5, 0.6) is 23.0 Å². The van der Waals surface area contributed by atoms with Crippen LogP contribution in [0.2, 0.25) is 0 Å². The van der Waals surface area contributed by atoms with E-state index >= 15 is 0 Å². The smallest absolute Gasteiger partial charge is 0.339 e. The summed E-state index contributed by atoms with van der Waals surface area (Å²) < 4.78 is 10.7. The zero-order valence-corrected chi connectivity index (χ0v) is 13.0. The molecule has 132 valence electrons. The number of phenols is 2. The number of ether oxygens (including phenoxy) is 2. The van der Waals surface area contributed by atoms with Crippen LogP contribution >= 0.6 is 0 Å². The van der Waals surface area contributed by atoms with Crippen molar-refractivity contribution in [1.29, 1.82) is 0 Å². The van der Waals surface area contributed by atoms with Crippen LogP contribution in [0.1, 0.15) is 27.1 Å². The minimum atomic E-state index is -1.23. The second-order valence-electron chi connectivity index (χ2n) is 5.02. The third-order valence-corrected chi connectivity index (χ3v) is 3.23. The molecule has 0 aliphatic rings. The highest BCUT2D eigenvalue weighted by atomic mass is 16.5. The Hall–Kier alpha value is -3.42. The fourth-order valence-electron chi connectivity index (χ4n) is 2.00. The monoisotopic (exact) mass is 348 g/mol. The van der Waals surface area contributed by atoms with Gasteiger partial charge in [0, 0.05) is 18.6 Å². The topological polar surface area (TPSA) is 134 Å². The van der Waals surface area contributed by atoms with Crippen LogP contribution in [0.4, 0.5) is 0 Å². The number of hydrogen-bond acceptors (Lipinski definition) is 6. The maximum Gasteiger partial charge on any atom is 0.339 e. The quantitative estimate of drug-likeness (QED) is 0.534. The van der Waals surface area contributed by atoms with Crippen LogP contribution < -0.4 is 9.47 Å². The van der Waals surface area contributed by atoms with Gasteiger partial charge in [0.05, 0.1) is 13.2 Å². The Morgan fingerprint density at radius 3 is 1.48 bits per heavy atom. The molecule has 0 atom stereocenters. The van der Waals surface area contributed by atoms with Crippen molar-refractivity contribution in [3.63, 3.8) is 0 Å². The van der Waals surface area contributed by atoms with E-state index in [0.29, 0.717) is 17.9 Å². The van der Waals surface area contributed by atoms with E-state index in [1.54, 1.807) is 0 Å². The molecular formula is C17H16O8. The predicted molar refractivity (Wildman–Crippen MR) is 85.7 cm³/mol. The summed E-state index contributed by atoms with van der Waals surface area (Å²) in [6, 6.07) is 7.80. The van der Waals surface area contributed by atoms with Crippen LogP contribution in [0.3, 0.4) is 0 Å².